The third kappa shape index (κ3) is 2.72. The maximum absolute atomic E-state index is 13.0. The van der Waals surface area contributed by atoms with Crippen LogP contribution in [-0.4, -0.2) is 44.0 Å². The molecule has 0 N–H and O–H groups in total. The van der Waals surface area contributed by atoms with E-state index in [2.05, 4.69) is 21.4 Å². The smallest absolute Gasteiger partial charge is 0.332 e. The van der Waals surface area contributed by atoms with Gasteiger partial charge in [0, 0.05) is 7.05 Å². The summed E-state index contributed by atoms with van der Waals surface area (Å²) in [5.74, 6) is -0.174. The Morgan fingerprint density at radius 2 is 2.00 bits per heavy atom. The maximum Gasteiger partial charge on any atom is 0.332 e. The maximum atomic E-state index is 13.0. The molecule has 2 aromatic rings. The molecule has 0 radical (unpaired) electrons. The molecule has 3 heterocycles. The summed E-state index contributed by atoms with van der Waals surface area (Å²) in [6.07, 6.45) is 0. The standard InChI is InChI=1S/C16H20N6O4/c1-9(2)6-21-14(24)12-13(19(4)16(21)25)17-15-20(12)7-10(3)18-22(15)8-11(23)26-5/h1,6-8H2,2-5H3. The van der Waals surface area contributed by atoms with Gasteiger partial charge in [-0.25, -0.2) is 9.80 Å². The number of nitrogens with zero attached hydrogens (tertiary/aromatic N) is 6. The van der Waals surface area contributed by atoms with Crippen molar-refractivity contribution >= 4 is 28.8 Å². The number of ether oxygens (including phenoxy) is 1. The predicted octanol–water partition coefficient (Wildman–Crippen LogP) is -0.158. The number of esters is 1. The lowest BCUT2D eigenvalue weighted by molar-refractivity contribution is -0.139. The van der Waals surface area contributed by atoms with Gasteiger partial charge in [-0.3, -0.25) is 23.3 Å². The number of aryl methyl sites for hydroxylation is 1. The van der Waals surface area contributed by atoms with Gasteiger partial charge in [0.1, 0.15) is 6.54 Å². The highest BCUT2D eigenvalue weighted by molar-refractivity contribution is 5.89. The molecule has 0 unspecified atom stereocenters. The van der Waals surface area contributed by atoms with Crippen LogP contribution in [-0.2, 0) is 29.7 Å². The second-order valence-electron chi connectivity index (χ2n) is 6.33. The number of hydrazone groups is 1. The highest BCUT2D eigenvalue weighted by atomic mass is 16.5. The van der Waals surface area contributed by atoms with E-state index in [0.717, 1.165) is 4.57 Å². The number of hydrogen-bond acceptors (Lipinski definition) is 7. The highest BCUT2D eigenvalue weighted by Crippen LogP contribution is 2.23. The summed E-state index contributed by atoms with van der Waals surface area (Å²) in [5.41, 5.74) is 0.989. The summed E-state index contributed by atoms with van der Waals surface area (Å²) in [7, 11) is 2.84. The Morgan fingerprint density at radius 1 is 1.31 bits per heavy atom. The third-order valence-corrected chi connectivity index (χ3v) is 4.06. The number of fused-ring (bicyclic) bond motifs is 3. The number of carbonyl (C=O) groups excluding carboxylic acids is 1. The largest absolute Gasteiger partial charge is 0.468 e. The van der Waals surface area contributed by atoms with E-state index in [4.69, 9.17) is 0 Å². The summed E-state index contributed by atoms with van der Waals surface area (Å²) in [6, 6.07) is 0. The molecule has 0 saturated heterocycles. The van der Waals surface area contributed by atoms with Crippen LogP contribution in [0.25, 0.3) is 11.2 Å². The summed E-state index contributed by atoms with van der Waals surface area (Å²) < 4.78 is 8.80. The van der Waals surface area contributed by atoms with Crippen LogP contribution in [0.15, 0.2) is 26.8 Å². The summed E-state index contributed by atoms with van der Waals surface area (Å²) in [6.45, 7) is 7.62. The van der Waals surface area contributed by atoms with Crippen LogP contribution in [0.4, 0.5) is 5.95 Å². The molecule has 0 fully saturated rings. The Hall–Kier alpha value is -3.17. The van der Waals surface area contributed by atoms with Crippen LogP contribution in [0, 0.1) is 0 Å². The molecule has 10 nitrogen and oxygen atoms in total. The molecule has 0 amide bonds. The van der Waals surface area contributed by atoms with Crippen LogP contribution < -0.4 is 16.3 Å². The van der Waals surface area contributed by atoms with Crippen molar-refractivity contribution in [3.8, 4) is 0 Å². The molecule has 0 atom stereocenters. The fraction of sp³-hybridized carbons (Fsp3) is 0.438. The number of methoxy groups -OCH3 is 1. The molecule has 10 heteroatoms. The summed E-state index contributed by atoms with van der Waals surface area (Å²) in [5, 5.41) is 5.69. The lowest BCUT2D eigenvalue weighted by Crippen LogP contribution is -2.40. The zero-order valence-electron chi connectivity index (χ0n) is 15.1. The number of hydrogen-bond donors (Lipinski definition) is 0. The van der Waals surface area contributed by atoms with Gasteiger partial charge in [-0.2, -0.15) is 10.1 Å². The quantitative estimate of drug-likeness (QED) is 0.554. The van der Waals surface area contributed by atoms with Gasteiger partial charge in [0.2, 0.25) is 5.95 Å². The lowest BCUT2D eigenvalue weighted by atomic mass is 10.3. The van der Waals surface area contributed by atoms with Gasteiger partial charge >= 0.3 is 11.7 Å². The van der Waals surface area contributed by atoms with Gasteiger partial charge in [-0.1, -0.05) is 12.2 Å². The molecule has 3 rings (SSSR count). The van der Waals surface area contributed by atoms with Gasteiger partial charge in [-0.05, 0) is 13.8 Å². The Kier molecular flexibility index (Phi) is 4.26. The number of allylic oxidation sites excluding steroid dienone is 1. The van der Waals surface area contributed by atoms with Crippen molar-refractivity contribution in [3.05, 3.63) is 33.0 Å². The predicted molar refractivity (Wildman–Crippen MR) is 96.5 cm³/mol. The van der Waals surface area contributed by atoms with Crippen LogP contribution >= 0.6 is 0 Å². The molecular weight excluding hydrogens is 340 g/mol. The Morgan fingerprint density at radius 3 is 2.62 bits per heavy atom. The number of rotatable bonds is 4. The van der Waals surface area contributed by atoms with Gasteiger partial charge in [0.15, 0.2) is 11.2 Å². The number of imidazole rings is 1. The first kappa shape index (κ1) is 17.6. The van der Waals surface area contributed by atoms with Gasteiger partial charge in [0.25, 0.3) is 5.56 Å². The number of carbonyl (C=O) groups is 1. The fourth-order valence-corrected chi connectivity index (χ4v) is 2.92. The Labute approximate surface area is 148 Å². The molecule has 26 heavy (non-hydrogen) atoms. The number of anilines is 1. The highest BCUT2D eigenvalue weighted by Gasteiger charge is 2.27. The summed E-state index contributed by atoms with van der Waals surface area (Å²) in [4.78, 5) is 41.6. The average Bonchev–Trinajstić information content (AvgIpc) is 2.96. The molecule has 138 valence electrons. The van der Waals surface area contributed by atoms with E-state index in [1.165, 1.54) is 16.7 Å². The van der Waals surface area contributed by atoms with Gasteiger partial charge in [-0.15, -0.1) is 0 Å². The third-order valence-electron chi connectivity index (χ3n) is 4.06. The topological polar surface area (TPSA) is 104 Å². The van der Waals surface area contributed by atoms with Crippen LogP contribution in [0.3, 0.4) is 0 Å². The molecule has 0 aliphatic carbocycles. The summed E-state index contributed by atoms with van der Waals surface area (Å²) >= 11 is 0. The molecule has 0 saturated carbocycles. The van der Waals surface area contributed by atoms with Crippen LogP contribution in [0.5, 0.6) is 0 Å². The van der Waals surface area contributed by atoms with Gasteiger partial charge < -0.3 is 4.74 Å². The van der Waals surface area contributed by atoms with Gasteiger partial charge in [0.05, 0.1) is 25.9 Å². The minimum atomic E-state index is -0.490. The van der Waals surface area contributed by atoms with E-state index >= 15 is 0 Å². The first-order valence-electron chi connectivity index (χ1n) is 7.97. The van der Waals surface area contributed by atoms with Crippen molar-refractivity contribution in [2.24, 2.45) is 12.1 Å². The molecule has 0 spiro atoms. The fourth-order valence-electron chi connectivity index (χ4n) is 2.92. The van der Waals surface area contributed by atoms with E-state index in [0.29, 0.717) is 23.8 Å². The van der Waals surface area contributed by atoms with Crippen molar-refractivity contribution in [2.45, 2.75) is 26.9 Å². The van der Waals surface area contributed by atoms with Crippen LogP contribution in [0.2, 0.25) is 0 Å². The molecule has 0 aromatic carbocycles. The molecule has 2 aromatic heterocycles. The van der Waals surface area contributed by atoms with Crippen molar-refractivity contribution in [1.29, 1.82) is 0 Å². The lowest BCUT2D eigenvalue weighted by Gasteiger charge is -2.23. The first-order valence-corrected chi connectivity index (χ1v) is 7.97. The second-order valence-corrected chi connectivity index (χ2v) is 6.33. The zero-order chi connectivity index (χ0) is 19.2. The minimum Gasteiger partial charge on any atom is -0.468 e. The van der Waals surface area contributed by atoms with E-state index < -0.39 is 17.2 Å². The second kappa shape index (κ2) is 6.28. The zero-order valence-corrected chi connectivity index (χ0v) is 15.1. The number of aromatic nitrogens is 4. The molecule has 0 bridgehead atoms. The average molecular weight is 360 g/mol. The van der Waals surface area contributed by atoms with E-state index in [1.54, 1.807) is 25.5 Å². The SMILES string of the molecule is C=C(C)Cn1c(=O)c2c(nc3n2CC(C)=NN3CC(=O)OC)n(C)c1=O. The Balaban J connectivity index is 2.29. The van der Waals surface area contributed by atoms with Crippen molar-refractivity contribution in [3.63, 3.8) is 0 Å². The van der Waals surface area contributed by atoms with E-state index in [-0.39, 0.29) is 24.3 Å². The van der Waals surface area contributed by atoms with E-state index in [1.807, 2.05) is 0 Å². The Bertz CT molecular complexity index is 1070. The molecular formula is C16H20N6O4. The molecule has 1 aliphatic rings. The monoisotopic (exact) mass is 360 g/mol. The van der Waals surface area contributed by atoms with Crippen molar-refractivity contribution < 1.29 is 9.53 Å². The van der Waals surface area contributed by atoms with Crippen molar-refractivity contribution in [2.75, 3.05) is 18.7 Å². The minimum absolute atomic E-state index is 0.126. The normalized spacial score (nSPS) is 13.5. The van der Waals surface area contributed by atoms with Crippen LogP contribution in [0.1, 0.15) is 13.8 Å². The van der Waals surface area contributed by atoms with Crippen molar-refractivity contribution in [1.82, 2.24) is 18.7 Å². The van der Waals surface area contributed by atoms with E-state index in [9.17, 15) is 14.4 Å². The molecule has 1 aliphatic heterocycles. The first-order chi connectivity index (χ1) is 12.2.